The van der Waals surface area contributed by atoms with Crippen molar-refractivity contribution in [3.63, 3.8) is 0 Å². The first-order valence-electron chi connectivity index (χ1n) is 11.9. The van der Waals surface area contributed by atoms with E-state index >= 15 is 0 Å². The number of nitrogens with zero attached hydrogens (tertiary/aromatic N) is 3. The smallest absolute Gasteiger partial charge is 0.247 e. The monoisotopic (exact) mass is 632 g/mol. The van der Waals surface area contributed by atoms with Crippen molar-refractivity contribution in [2.45, 2.75) is 57.2 Å². The molecule has 3 aromatic rings. The minimum atomic E-state index is -4.04. The average molecular weight is 634 g/mol. The fourth-order valence-electron chi connectivity index (χ4n) is 3.71. The van der Waals surface area contributed by atoms with Crippen LogP contribution in [0.4, 0.5) is 5.95 Å². The van der Waals surface area contributed by atoms with E-state index in [2.05, 4.69) is 14.7 Å². The number of nitrogens with one attached hydrogen (secondary N) is 1. The van der Waals surface area contributed by atoms with Crippen LogP contribution in [-0.2, 0) is 20.0 Å². The molecule has 0 aliphatic carbocycles. The van der Waals surface area contributed by atoms with Crippen LogP contribution >= 0.6 is 46.7 Å². The highest BCUT2D eigenvalue weighted by atomic mass is 35.5. The molecule has 1 aliphatic rings. The minimum Gasteiger partial charge on any atom is -0.247 e. The third-order valence-electron chi connectivity index (χ3n) is 5.58. The fraction of sp³-hybridized carbons (Fsp3) is 0.333. The molecule has 8 nitrogen and oxygen atoms in total. The second-order valence-electron chi connectivity index (χ2n) is 8.43. The Labute approximate surface area is 242 Å². The summed E-state index contributed by atoms with van der Waals surface area (Å²) in [6, 6.07) is 10.9. The third-order valence-corrected chi connectivity index (χ3v) is 11.9. The lowest BCUT2D eigenvalue weighted by Gasteiger charge is -2.25. The van der Waals surface area contributed by atoms with Crippen molar-refractivity contribution < 1.29 is 16.8 Å². The molecule has 0 bridgehead atoms. The Hall–Kier alpha value is -1.54. The zero-order chi connectivity index (χ0) is 27.3. The van der Waals surface area contributed by atoms with Gasteiger partial charge in [-0.1, -0.05) is 48.3 Å². The number of halogens is 2. The number of benzene rings is 2. The van der Waals surface area contributed by atoms with Gasteiger partial charge in [0.2, 0.25) is 16.0 Å². The van der Waals surface area contributed by atoms with Crippen LogP contribution in [0, 0.1) is 0 Å². The Bertz CT molecular complexity index is 1500. The second-order valence-corrected chi connectivity index (χ2v) is 15.1. The number of hydrogen-bond donors (Lipinski definition) is 1. The molecule has 1 aromatic heterocycles. The number of sulfonamides is 2. The minimum absolute atomic E-state index is 0.0106. The summed E-state index contributed by atoms with van der Waals surface area (Å²) in [7, 11) is -7.55. The quantitative estimate of drug-likeness (QED) is 0.202. The lowest BCUT2D eigenvalue weighted by Crippen LogP contribution is -2.35. The molecule has 0 spiro atoms. The molecule has 1 aliphatic heterocycles. The summed E-state index contributed by atoms with van der Waals surface area (Å²) in [6.07, 6.45) is 5.25. The third kappa shape index (κ3) is 7.15. The summed E-state index contributed by atoms with van der Waals surface area (Å²) in [5.74, 6) is 0.689. The average Bonchev–Trinajstić information content (AvgIpc) is 2.89. The number of thioether (sulfide) groups is 1. The van der Waals surface area contributed by atoms with Crippen LogP contribution in [-0.4, -0.2) is 50.0 Å². The SMILES string of the molecule is CCCSc1nc(NS(=O)(=O)c2ccc(Cl)cc2Cl)ncc1Sc1ccc(S(=O)(=O)N2CCCCC2)cc1. The largest absolute Gasteiger partial charge is 0.265 e. The summed E-state index contributed by atoms with van der Waals surface area (Å²) >= 11 is 14.8. The van der Waals surface area contributed by atoms with E-state index < -0.39 is 20.0 Å². The van der Waals surface area contributed by atoms with Crippen molar-refractivity contribution in [1.29, 1.82) is 0 Å². The summed E-state index contributed by atoms with van der Waals surface area (Å²) < 4.78 is 55.6. The normalized spacial score (nSPS) is 14.9. The first-order valence-corrected chi connectivity index (χ1v) is 17.3. The van der Waals surface area contributed by atoms with Gasteiger partial charge in [-0.15, -0.1) is 11.8 Å². The van der Waals surface area contributed by atoms with Crippen LogP contribution in [0.25, 0.3) is 0 Å². The molecule has 1 fully saturated rings. The second kappa shape index (κ2) is 12.8. The van der Waals surface area contributed by atoms with E-state index in [9.17, 15) is 16.8 Å². The van der Waals surface area contributed by atoms with Crippen molar-refractivity contribution in [3.8, 4) is 0 Å². The van der Waals surface area contributed by atoms with E-state index in [1.165, 1.54) is 41.7 Å². The summed E-state index contributed by atoms with van der Waals surface area (Å²) in [5, 5.41) is 0.919. The van der Waals surface area contributed by atoms with Gasteiger partial charge in [0.15, 0.2) is 0 Å². The molecule has 38 heavy (non-hydrogen) atoms. The maximum atomic E-state index is 12.9. The molecule has 1 N–H and O–H groups in total. The Balaban J connectivity index is 1.54. The van der Waals surface area contributed by atoms with Gasteiger partial charge >= 0.3 is 0 Å². The number of piperidine rings is 1. The first kappa shape index (κ1) is 29.4. The molecule has 0 radical (unpaired) electrons. The zero-order valence-electron chi connectivity index (χ0n) is 20.4. The van der Waals surface area contributed by atoms with E-state index in [4.69, 9.17) is 23.2 Å². The highest BCUT2D eigenvalue weighted by molar-refractivity contribution is 8.02. The highest BCUT2D eigenvalue weighted by Gasteiger charge is 2.26. The van der Waals surface area contributed by atoms with Gasteiger partial charge in [0.05, 0.1) is 14.8 Å². The van der Waals surface area contributed by atoms with Gasteiger partial charge in [-0.2, -0.15) is 4.31 Å². The molecular formula is C24H26Cl2N4O4S4. The predicted octanol–water partition coefficient (Wildman–Crippen LogP) is 6.41. The highest BCUT2D eigenvalue weighted by Crippen LogP contribution is 2.36. The molecule has 4 rings (SSSR count). The number of hydrogen-bond acceptors (Lipinski definition) is 8. The Morgan fingerprint density at radius 3 is 2.37 bits per heavy atom. The van der Waals surface area contributed by atoms with Gasteiger partial charge < -0.3 is 0 Å². The van der Waals surface area contributed by atoms with Crippen molar-refractivity contribution in [2.75, 3.05) is 23.6 Å². The van der Waals surface area contributed by atoms with Crippen LogP contribution < -0.4 is 4.72 Å². The van der Waals surface area contributed by atoms with Crippen molar-refractivity contribution in [2.24, 2.45) is 0 Å². The Morgan fingerprint density at radius 1 is 1.00 bits per heavy atom. The van der Waals surface area contributed by atoms with Crippen LogP contribution in [0.5, 0.6) is 0 Å². The maximum absolute atomic E-state index is 12.9. The van der Waals surface area contributed by atoms with Gasteiger partial charge in [-0.05, 0) is 67.5 Å². The van der Waals surface area contributed by atoms with Crippen LogP contribution in [0.3, 0.4) is 0 Å². The van der Waals surface area contributed by atoms with E-state index in [0.29, 0.717) is 23.1 Å². The molecule has 204 valence electrons. The predicted molar refractivity (Wildman–Crippen MR) is 153 cm³/mol. The first-order chi connectivity index (χ1) is 18.1. The number of rotatable bonds is 10. The molecule has 0 amide bonds. The van der Waals surface area contributed by atoms with Gasteiger partial charge in [-0.3, -0.25) is 0 Å². The molecular weight excluding hydrogens is 607 g/mol. The number of anilines is 1. The number of aromatic nitrogens is 2. The van der Waals surface area contributed by atoms with Gasteiger partial charge in [-0.25, -0.2) is 31.5 Å². The lowest BCUT2D eigenvalue weighted by molar-refractivity contribution is 0.346. The van der Waals surface area contributed by atoms with Gasteiger partial charge in [0.1, 0.15) is 9.92 Å². The lowest BCUT2D eigenvalue weighted by atomic mass is 10.2. The van der Waals surface area contributed by atoms with Gasteiger partial charge in [0.25, 0.3) is 10.0 Å². The summed E-state index contributed by atoms with van der Waals surface area (Å²) in [4.78, 5) is 10.3. The summed E-state index contributed by atoms with van der Waals surface area (Å²) in [5.41, 5.74) is 0. The fourth-order valence-corrected chi connectivity index (χ4v) is 8.76. The van der Waals surface area contributed by atoms with E-state index in [1.807, 2.05) is 6.92 Å². The van der Waals surface area contributed by atoms with Crippen LogP contribution in [0.15, 0.2) is 73.3 Å². The van der Waals surface area contributed by atoms with Crippen molar-refractivity contribution in [1.82, 2.24) is 14.3 Å². The maximum Gasteiger partial charge on any atom is 0.265 e. The van der Waals surface area contributed by atoms with E-state index in [1.54, 1.807) is 34.8 Å². The summed E-state index contributed by atoms with van der Waals surface area (Å²) in [6.45, 7) is 3.14. The molecule has 2 aromatic carbocycles. The Morgan fingerprint density at radius 2 is 1.71 bits per heavy atom. The molecule has 0 atom stereocenters. The van der Waals surface area contributed by atoms with Crippen LogP contribution in [0.1, 0.15) is 32.6 Å². The Kier molecular flexibility index (Phi) is 9.88. The molecule has 1 saturated heterocycles. The molecule has 0 unspecified atom stereocenters. The molecule has 14 heteroatoms. The van der Waals surface area contributed by atoms with Gasteiger partial charge in [0, 0.05) is 29.2 Å². The zero-order valence-corrected chi connectivity index (χ0v) is 25.2. The van der Waals surface area contributed by atoms with E-state index in [0.717, 1.165) is 41.2 Å². The topological polar surface area (TPSA) is 109 Å². The van der Waals surface area contributed by atoms with E-state index in [-0.39, 0.29) is 20.8 Å². The van der Waals surface area contributed by atoms with Crippen LogP contribution in [0.2, 0.25) is 10.0 Å². The molecule has 2 heterocycles. The van der Waals surface area contributed by atoms with Crippen molar-refractivity contribution >= 4 is 72.7 Å². The van der Waals surface area contributed by atoms with Crippen molar-refractivity contribution in [3.05, 3.63) is 58.7 Å². The molecule has 0 saturated carbocycles. The standard InChI is InChI=1S/C24H26Cl2N4O4S4/c1-2-14-35-23-21(16-27-24(28-23)29-37(31,32)22-11-6-17(25)15-20(22)26)36-18-7-9-19(10-8-18)38(33,34)30-12-4-3-5-13-30/h6-11,15-16H,2-5,12-14H2,1H3,(H,27,28,29).